The molecule has 2 N–H and O–H groups in total. The van der Waals surface area contributed by atoms with Crippen LogP contribution in [0.4, 0.5) is 0 Å². The lowest BCUT2D eigenvalue weighted by molar-refractivity contribution is 0.207. The number of hydrogen-bond acceptors (Lipinski definition) is 4. The Balaban J connectivity index is 0.000000221. The van der Waals surface area contributed by atoms with Gasteiger partial charge in [0.2, 0.25) is 0 Å². The number of β-amino-alcohol motifs (C(OH)–C–C–N with tert-alkyl or cyclic N) is 1. The summed E-state index contributed by atoms with van der Waals surface area (Å²) >= 11 is 0. The van der Waals surface area contributed by atoms with Gasteiger partial charge in [0, 0.05) is 13.1 Å². The quantitative estimate of drug-likeness (QED) is 0.580. The highest BCUT2D eigenvalue weighted by Crippen LogP contribution is 2.17. The molecule has 1 aromatic rings. The molecule has 1 heterocycles. The van der Waals surface area contributed by atoms with Crippen molar-refractivity contribution < 1.29 is 18.1 Å². The van der Waals surface area contributed by atoms with Gasteiger partial charge >= 0.3 is 0 Å². The van der Waals surface area contributed by atoms with E-state index in [-0.39, 0.29) is 6.23 Å². The third-order valence-corrected chi connectivity index (χ3v) is 1.91. The first kappa shape index (κ1) is 13.1. The highest BCUT2D eigenvalue weighted by atomic mass is 32.2. The van der Waals surface area contributed by atoms with Crippen molar-refractivity contribution in [2.75, 3.05) is 12.8 Å². The van der Waals surface area contributed by atoms with Gasteiger partial charge in [-0.3, -0.25) is 9.45 Å². The van der Waals surface area contributed by atoms with E-state index < -0.39 is 10.1 Å². The Morgan fingerprint density at radius 2 is 1.81 bits per heavy atom. The predicted octanol–water partition coefficient (Wildman–Crippen LogP) is 0.325. The summed E-state index contributed by atoms with van der Waals surface area (Å²) in [6.07, 6.45) is 0.530. The van der Waals surface area contributed by atoms with Gasteiger partial charge in [-0.05, 0) is 5.56 Å². The molecule has 1 aromatic carbocycles. The number of aliphatic hydroxyl groups is 1. The van der Waals surface area contributed by atoms with Crippen LogP contribution in [0.2, 0.25) is 0 Å². The molecule has 2 unspecified atom stereocenters. The minimum atomic E-state index is -3.67. The van der Waals surface area contributed by atoms with Gasteiger partial charge in [-0.25, -0.2) is 0 Å². The van der Waals surface area contributed by atoms with Gasteiger partial charge < -0.3 is 5.11 Å². The monoisotopic (exact) mass is 245 g/mol. The Bertz CT molecular complexity index is 410. The topological polar surface area (TPSA) is 77.6 Å². The van der Waals surface area contributed by atoms with E-state index in [9.17, 15) is 8.42 Å². The van der Waals surface area contributed by atoms with Crippen molar-refractivity contribution >= 4 is 10.1 Å². The van der Waals surface area contributed by atoms with Crippen LogP contribution in [0.5, 0.6) is 0 Å². The van der Waals surface area contributed by atoms with Crippen LogP contribution < -0.4 is 0 Å². The van der Waals surface area contributed by atoms with Crippen molar-refractivity contribution in [2.24, 2.45) is 0 Å². The van der Waals surface area contributed by atoms with E-state index in [0.29, 0.717) is 6.26 Å². The summed E-state index contributed by atoms with van der Waals surface area (Å²) in [5.74, 6) is 0. The first-order valence-electron chi connectivity index (χ1n) is 4.75. The molecular formula is C10H15NO4S. The third-order valence-electron chi connectivity index (χ3n) is 1.91. The summed E-state index contributed by atoms with van der Waals surface area (Å²) < 4.78 is 25.9. The molecule has 1 saturated heterocycles. The summed E-state index contributed by atoms with van der Waals surface area (Å²) in [5, 5.41) is 9.01. The van der Waals surface area contributed by atoms with Gasteiger partial charge in [0.25, 0.3) is 10.1 Å². The van der Waals surface area contributed by atoms with Crippen LogP contribution in [-0.2, 0) is 16.7 Å². The molecule has 0 amide bonds. The zero-order chi connectivity index (χ0) is 12.2. The van der Waals surface area contributed by atoms with E-state index in [4.69, 9.17) is 9.66 Å². The van der Waals surface area contributed by atoms with Crippen LogP contribution in [0.1, 0.15) is 5.56 Å². The maximum atomic E-state index is 9.19. The molecule has 2 atom stereocenters. The Morgan fingerprint density at radius 3 is 2.19 bits per heavy atom. The van der Waals surface area contributed by atoms with E-state index in [1.54, 1.807) is 0 Å². The molecular weight excluding hydrogens is 230 g/mol. The fraction of sp³-hybridized carbons (Fsp3) is 0.400. The molecule has 0 radical (unpaired) electrons. The lowest BCUT2D eigenvalue weighted by Gasteiger charge is -1.99. The first-order chi connectivity index (χ1) is 7.36. The van der Waals surface area contributed by atoms with Gasteiger partial charge in [-0.15, -0.1) is 0 Å². The van der Waals surface area contributed by atoms with Crippen molar-refractivity contribution in [2.45, 2.75) is 12.8 Å². The molecule has 0 saturated carbocycles. The number of hydrogen-bond donors (Lipinski definition) is 2. The van der Waals surface area contributed by atoms with Gasteiger partial charge in [0.1, 0.15) is 6.23 Å². The fourth-order valence-corrected chi connectivity index (χ4v) is 1.15. The summed E-state index contributed by atoms with van der Waals surface area (Å²) in [4.78, 5) is 2.01. The molecule has 0 spiro atoms. The SMILES string of the molecule is CS(=O)(=O)O.OC1CN1Cc1ccccc1. The van der Waals surface area contributed by atoms with E-state index in [0.717, 1.165) is 13.1 Å². The summed E-state index contributed by atoms with van der Waals surface area (Å²) in [6, 6.07) is 10.2. The zero-order valence-electron chi connectivity index (χ0n) is 8.94. The summed E-state index contributed by atoms with van der Waals surface area (Å²) in [6.45, 7) is 1.71. The first-order valence-corrected chi connectivity index (χ1v) is 6.59. The number of benzene rings is 1. The van der Waals surface area contributed by atoms with Crippen LogP contribution in [0.3, 0.4) is 0 Å². The largest absolute Gasteiger partial charge is 0.377 e. The van der Waals surface area contributed by atoms with E-state index in [2.05, 4.69) is 12.1 Å². The number of rotatable bonds is 2. The number of nitrogens with zero attached hydrogens (tertiary/aromatic N) is 1. The van der Waals surface area contributed by atoms with Crippen LogP contribution >= 0.6 is 0 Å². The maximum absolute atomic E-state index is 9.19. The molecule has 0 bridgehead atoms. The predicted molar refractivity (Wildman–Crippen MR) is 60.3 cm³/mol. The third kappa shape index (κ3) is 6.52. The van der Waals surface area contributed by atoms with Crippen LogP contribution in [0, 0.1) is 0 Å². The standard InChI is InChI=1S/C9H11NO.CH4O3S/c11-9-7-10(9)6-8-4-2-1-3-5-8;1-5(2,3)4/h1-5,9,11H,6-7H2;1H3,(H,2,3,4). The Labute approximate surface area is 95.1 Å². The summed E-state index contributed by atoms with van der Waals surface area (Å²) in [7, 11) is -3.67. The lowest BCUT2D eigenvalue weighted by Crippen LogP contribution is -2.00. The Hall–Kier alpha value is -0.950. The zero-order valence-corrected chi connectivity index (χ0v) is 9.76. The molecule has 2 rings (SSSR count). The average molecular weight is 245 g/mol. The smallest absolute Gasteiger partial charge is 0.261 e. The second-order valence-electron chi connectivity index (χ2n) is 3.63. The molecule has 1 aliphatic heterocycles. The highest BCUT2D eigenvalue weighted by molar-refractivity contribution is 7.85. The molecule has 1 fully saturated rings. The minimum Gasteiger partial charge on any atom is -0.377 e. The molecule has 6 heteroatoms. The Kier molecular flexibility index (Phi) is 4.43. The average Bonchev–Trinajstić information content (AvgIpc) is 2.80. The van der Waals surface area contributed by atoms with Crippen molar-refractivity contribution in [1.29, 1.82) is 0 Å². The molecule has 16 heavy (non-hydrogen) atoms. The second kappa shape index (κ2) is 5.40. The molecule has 0 aromatic heterocycles. The van der Waals surface area contributed by atoms with Crippen molar-refractivity contribution in [3.63, 3.8) is 0 Å². The van der Waals surface area contributed by atoms with Crippen molar-refractivity contribution in [3.05, 3.63) is 35.9 Å². The van der Waals surface area contributed by atoms with Crippen molar-refractivity contribution in [1.82, 2.24) is 4.90 Å². The second-order valence-corrected chi connectivity index (χ2v) is 5.09. The van der Waals surface area contributed by atoms with Crippen molar-refractivity contribution in [3.8, 4) is 0 Å². The molecule has 5 nitrogen and oxygen atoms in total. The summed E-state index contributed by atoms with van der Waals surface area (Å²) in [5.41, 5.74) is 1.27. The molecule has 1 aliphatic rings. The maximum Gasteiger partial charge on any atom is 0.261 e. The van der Waals surface area contributed by atoms with E-state index in [1.165, 1.54) is 5.56 Å². The van der Waals surface area contributed by atoms with Crippen LogP contribution in [-0.4, -0.2) is 42.0 Å². The fourth-order valence-electron chi connectivity index (χ4n) is 1.15. The van der Waals surface area contributed by atoms with E-state index >= 15 is 0 Å². The molecule has 90 valence electrons. The minimum absolute atomic E-state index is 0.185. The lowest BCUT2D eigenvalue weighted by atomic mass is 10.2. The Morgan fingerprint density at radius 1 is 1.38 bits per heavy atom. The van der Waals surface area contributed by atoms with Gasteiger partial charge in [-0.2, -0.15) is 8.42 Å². The van der Waals surface area contributed by atoms with E-state index in [1.807, 2.05) is 23.1 Å². The molecule has 0 aliphatic carbocycles. The number of aliphatic hydroxyl groups excluding tert-OH is 1. The normalized spacial score (nSPS) is 23.2. The highest BCUT2D eigenvalue weighted by Gasteiger charge is 2.30. The van der Waals surface area contributed by atoms with Crippen LogP contribution in [0.15, 0.2) is 30.3 Å². The van der Waals surface area contributed by atoms with Crippen LogP contribution in [0.25, 0.3) is 0 Å². The van der Waals surface area contributed by atoms with Gasteiger partial charge in [-0.1, -0.05) is 30.3 Å². The van der Waals surface area contributed by atoms with Gasteiger partial charge in [0.05, 0.1) is 6.26 Å². The van der Waals surface area contributed by atoms with Gasteiger partial charge in [0.15, 0.2) is 0 Å².